The van der Waals surface area contributed by atoms with E-state index in [1.165, 1.54) is 0 Å². The van der Waals surface area contributed by atoms with Crippen LogP contribution in [-0.4, -0.2) is 53.2 Å². The molecule has 3 rings (SSSR count). The highest BCUT2D eigenvalue weighted by atomic mass is 16.2. The first-order valence-electron chi connectivity index (χ1n) is 8.35. The van der Waals surface area contributed by atoms with Crippen molar-refractivity contribution in [3.8, 4) is 0 Å². The SMILES string of the molecule is CCC(=O)Nc1cc2c(cc1N1CCN(C)CC1)n(C)c(=O)n2C. The molecule has 0 saturated carbocycles. The van der Waals surface area contributed by atoms with Crippen LogP contribution in [0.15, 0.2) is 16.9 Å². The van der Waals surface area contributed by atoms with Crippen molar-refractivity contribution < 1.29 is 4.79 Å². The monoisotopic (exact) mass is 331 g/mol. The van der Waals surface area contributed by atoms with Gasteiger partial charge in [0.05, 0.1) is 22.4 Å². The average Bonchev–Trinajstić information content (AvgIpc) is 2.79. The molecule has 1 fully saturated rings. The van der Waals surface area contributed by atoms with Gasteiger partial charge < -0.3 is 15.1 Å². The van der Waals surface area contributed by atoms with Crippen molar-refractivity contribution in [1.82, 2.24) is 14.0 Å². The highest BCUT2D eigenvalue weighted by Crippen LogP contribution is 2.31. The van der Waals surface area contributed by atoms with E-state index in [1.54, 1.807) is 23.2 Å². The molecule has 7 nitrogen and oxygen atoms in total. The number of aryl methyl sites for hydroxylation is 2. The highest BCUT2D eigenvalue weighted by molar-refractivity contribution is 5.98. The molecule has 7 heteroatoms. The van der Waals surface area contributed by atoms with Crippen LogP contribution < -0.4 is 15.9 Å². The predicted octanol–water partition coefficient (Wildman–Crippen LogP) is 0.977. The number of aromatic nitrogens is 2. The van der Waals surface area contributed by atoms with Crippen molar-refractivity contribution in [3.05, 3.63) is 22.6 Å². The molecule has 130 valence electrons. The maximum atomic E-state index is 12.2. The van der Waals surface area contributed by atoms with Gasteiger partial charge in [0.1, 0.15) is 0 Å². The number of likely N-dealkylation sites (N-methyl/N-ethyl adjacent to an activating group) is 1. The number of fused-ring (bicyclic) bond motifs is 1. The van der Waals surface area contributed by atoms with Gasteiger partial charge in [-0.2, -0.15) is 0 Å². The molecule has 2 aromatic rings. The molecule has 1 amide bonds. The molecule has 0 bridgehead atoms. The van der Waals surface area contributed by atoms with Gasteiger partial charge in [-0.1, -0.05) is 6.92 Å². The molecule has 24 heavy (non-hydrogen) atoms. The summed E-state index contributed by atoms with van der Waals surface area (Å²) in [5.74, 6) is -0.0225. The number of hydrogen-bond acceptors (Lipinski definition) is 4. The summed E-state index contributed by atoms with van der Waals surface area (Å²) in [6, 6.07) is 3.94. The van der Waals surface area contributed by atoms with Crippen LogP contribution in [-0.2, 0) is 18.9 Å². The maximum Gasteiger partial charge on any atom is 0.328 e. The van der Waals surface area contributed by atoms with Crippen molar-refractivity contribution in [2.45, 2.75) is 13.3 Å². The second kappa shape index (κ2) is 6.32. The average molecular weight is 331 g/mol. The van der Waals surface area contributed by atoms with Crippen molar-refractivity contribution in [2.24, 2.45) is 14.1 Å². The molecule has 0 radical (unpaired) electrons. The molecular weight excluding hydrogens is 306 g/mol. The molecule has 0 unspecified atom stereocenters. The smallest absolute Gasteiger partial charge is 0.328 e. The Morgan fingerprint density at radius 3 is 2.21 bits per heavy atom. The first-order chi connectivity index (χ1) is 11.4. The summed E-state index contributed by atoms with van der Waals surface area (Å²) in [6.07, 6.45) is 0.425. The Kier molecular flexibility index (Phi) is 4.36. The van der Waals surface area contributed by atoms with E-state index in [1.807, 2.05) is 19.1 Å². The van der Waals surface area contributed by atoms with Crippen molar-refractivity contribution >= 4 is 28.3 Å². The van der Waals surface area contributed by atoms with E-state index in [0.29, 0.717) is 6.42 Å². The van der Waals surface area contributed by atoms with Gasteiger partial charge in [-0.15, -0.1) is 0 Å². The summed E-state index contributed by atoms with van der Waals surface area (Å²) in [4.78, 5) is 28.7. The molecule has 1 aromatic carbocycles. The maximum absolute atomic E-state index is 12.2. The Bertz CT molecular complexity index is 828. The fourth-order valence-electron chi connectivity index (χ4n) is 3.18. The van der Waals surface area contributed by atoms with Crippen LogP contribution in [0.5, 0.6) is 0 Å². The summed E-state index contributed by atoms with van der Waals surface area (Å²) in [6.45, 7) is 5.59. The lowest BCUT2D eigenvalue weighted by Crippen LogP contribution is -2.44. The molecule has 1 aliphatic rings. The van der Waals surface area contributed by atoms with Gasteiger partial charge in [-0.25, -0.2) is 4.79 Å². The number of benzene rings is 1. The number of hydrogen-bond donors (Lipinski definition) is 1. The van der Waals surface area contributed by atoms with Gasteiger partial charge in [0, 0.05) is 46.7 Å². The summed E-state index contributed by atoms with van der Waals surface area (Å²) in [5, 5.41) is 3.00. The molecule has 1 aromatic heterocycles. The number of carbonyl (C=O) groups excluding carboxylic acids is 1. The third-order valence-corrected chi connectivity index (χ3v) is 4.83. The third kappa shape index (κ3) is 2.80. The number of imidazole rings is 1. The summed E-state index contributed by atoms with van der Waals surface area (Å²) in [5.41, 5.74) is 3.41. The van der Waals surface area contributed by atoms with Crippen LogP contribution in [0.25, 0.3) is 11.0 Å². The van der Waals surface area contributed by atoms with E-state index >= 15 is 0 Å². The van der Waals surface area contributed by atoms with Crippen molar-refractivity contribution in [2.75, 3.05) is 43.4 Å². The molecule has 0 atom stereocenters. The normalized spacial score (nSPS) is 15.9. The molecular formula is C17H25N5O2. The minimum atomic E-state index is -0.0618. The number of anilines is 2. The fraction of sp³-hybridized carbons (Fsp3) is 0.529. The van der Waals surface area contributed by atoms with Crippen LogP contribution in [0, 0.1) is 0 Å². The van der Waals surface area contributed by atoms with Gasteiger partial charge in [-0.05, 0) is 19.2 Å². The zero-order valence-corrected chi connectivity index (χ0v) is 14.8. The van der Waals surface area contributed by atoms with E-state index in [9.17, 15) is 9.59 Å². The predicted molar refractivity (Wildman–Crippen MR) is 96.8 cm³/mol. The molecule has 0 aliphatic carbocycles. The molecule has 1 saturated heterocycles. The summed E-state index contributed by atoms with van der Waals surface area (Å²) >= 11 is 0. The van der Waals surface area contributed by atoms with Crippen LogP contribution in [0.2, 0.25) is 0 Å². The molecule has 1 aliphatic heterocycles. The minimum Gasteiger partial charge on any atom is -0.367 e. The Balaban J connectivity index is 2.13. The standard InChI is InChI=1S/C17H25N5O2/c1-5-16(23)18-12-10-14-15(21(4)17(24)20(14)3)11-13(12)22-8-6-19(2)7-9-22/h10-11H,5-9H2,1-4H3,(H,18,23). The topological polar surface area (TPSA) is 62.5 Å². The second-order valence-corrected chi connectivity index (χ2v) is 6.45. The molecule has 1 N–H and O–H groups in total. The Labute approximate surface area is 141 Å². The number of rotatable bonds is 3. The van der Waals surface area contributed by atoms with Gasteiger partial charge in [0.25, 0.3) is 0 Å². The molecule has 0 spiro atoms. The largest absolute Gasteiger partial charge is 0.367 e. The first-order valence-corrected chi connectivity index (χ1v) is 8.35. The van der Waals surface area contributed by atoms with Gasteiger partial charge >= 0.3 is 5.69 Å². The number of nitrogens with zero attached hydrogens (tertiary/aromatic N) is 4. The quantitative estimate of drug-likeness (QED) is 0.911. The van der Waals surface area contributed by atoms with Crippen LogP contribution in [0.4, 0.5) is 11.4 Å². The van der Waals surface area contributed by atoms with Crippen molar-refractivity contribution in [1.29, 1.82) is 0 Å². The van der Waals surface area contributed by atoms with Gasteiger partial charge in [-0.3, -0.25) is 13.9 Å². The second-order valence-electron chi connectivity index (χ2n) is 6.45. The van der Waals surface area contributed by atoms with E-state index in [-0.39, 0.29) is 11.6 Å². The highest BCUT2D eigenvalue weighted by Gasteiger charge is 2.20. The number of nitrogens with one attached hydrogen (secondary N) is 1. The zero-order valence-electron chi connectivity index (χ0n) is 14.8. The van der Waals surface area contributed by atoms with E-state index < -0.39 is 0 Å². The van der Waals surface area contributed by atoms with Gasteiger partial charge in [0.2, 0.25) is 5.91 Å². The van der Waals surface area contributed by atoms with Crippen LogP contribution >= 0.6 is 0 Å². The van der Waals surface area contributed by atoms with Crippen molar-refractivity contribution in [3.63, 3.8) is 0 Å². The molecule has 2 heterocycles. The Morgan fingerprint density at radius 2 is 1.62 bits per heavy atom. The lowest BCUT2D eigenvalue weighted by Gasteiger charge is -2.35. The van der Waals surface area contributed by atoms with Crippen LogP contribution in [0.1, 0.15) is 13.3 Å². The minimum absolute atomic E-state index is 0.0225. The lowest BCUT2D eigenvalue weighted by molar-refractivity contribution is -0.115. The zero-order chi connectivity index (χ0) is 17.4. The van der Waals surface area contributed by atoms with E-state index in [2.05, 4.69) is 22.2 Å². The Hall–Kier alpha value is -2.28. The first kappa shape index (κ1) is 16.6. The lowest BCUT2D eigenvalue weighted by atomic mass is 10.1. The Morgan fingerprint density at radius 1 is 1.04 bits per heavy atom. The van der Waals surface area contributed by atoms with Gasteiger partial charge in [0.15, 0.2) is 0 Å². The summed E-state index contributed by atoms with van der Waals surface area (Å²) < 4.78 is 3.27. The third-order valence-electron chi connectivity index (χ3n) is 4.83. The number of piperazine rings is 1. The summed E-state index contributed by atoms with van der Waals surface area (Å²) in [7, 11) is 5.65. The van der Waals surface area contributed by atoms with E-state index in [0.717, 1.165) is 48.6 Å². The number of carbonyl (C=O) groups is 1. The fourth-order valence-corrected chi connectivity index (χ4v) is 3.18. The number of amides is 1. The van der Waals surface area contributed by atoms with Crippen LogP contribution in [0.3, 0.4) is 0 Å². The van der Waals surface area contributed by atoms with E-state index in [4.69, 9.17) is 0 Å².